The van der Waals surface area contributed by atoms with Crippen molar-refractivity contribution in [2.24, 2.45) is 5.73 Å². The topological polar surface area (TPSA) is 46.3 Å². The van der Waals surface area contributed by atoms with Crippen LogP contribution in [0.3, 0.4) is 0 Å². The normalized spacial score (nSPS) is 14.4. The van der Waals surface area contributed by atoms with Gasteiger partial charge in [0.2, 0.25) is 5.91 Å². The van der Waals surface area contributed by atoms with Crippen LogP contribution in [0.15, 0.2) is 15.9 Å². The molecule has 1 rings (SSSR count). The van der Waals surface area contributed by atoms with Gasteiger partial charge in [0.05, 0.1) is 12.1 Å². The maximum Gasteiger partial charge on any atom is 0.242 e. The van der Waals surface area contributed by atoms with Gasteiger partial charge in [-0.05, 0) is 35.3 Å². The van der Waals surface area contributed by atoms with Gasteiger partial charge >= 0.3 is 0 Å². The lowest BCUT2D eigenvalue weighted by Crippen LogP contribution is -2.51. The second-order valence-electron chi connectivity index (χ2n) is 4.56. The summed E-state index contributed by atoms with van der Waals surface area (Å²) in [6.45, 7) is 4.46. The minimum atomic E-state index is -0.752. The number of nitrogens with zero attached hydrogens (tertiary/aromatic N) is 1. The van der Waals surface area contributed by atoms with E-state index in [1.165, 1.54) is 0 Å². The van der Waals surface area contributed by atoms with E-state index in [1.807, 2.05) is 18.4 Å². The first kappa shape index (κ1) is 14.7. The molecular formula is C12H19BrN2OS. The van der Waals surface area contributed by atoms with Gasteiger partial charge in [-0.1, -0.05) is 13.3 Å². The number of hydrogen-bond donors (Lipinski definition) is 1. The molecule has 0 fully saturated rings. The van der Waals surface area contributed by atoms with Crippen molar-refractivity contribution in [2.75, 3.05) is 7.05 Å². The highest BCUT2D eigenvalue weighted by Crippen LogP contribution is 2.22. The summed E-state index contributed by atoms with van der Waals surface area (Å²) in [5, 5.41) is 2.02. The maximum atomic E-state index is 12.2. The Balaban J connectivity index is 2.64. The van der Waals surface area contributed by atoms with Crippen molar-refractivity contribution in [3.8, 4) is 0 Å². The molecule has 1 amide bonds. The molecule has 2 N–H and O–H groups in total. The lowest BCUT2D eigenvalue weighted by molar-refractivity contribution is -0.135. The second-order valence-corrected chi connectivity index (χ2v) is 6.47. The van der Waals surface area contributed by atoms with Gasteiger partial charge in [0.25, 0.3) is 0 Å². The average molecular weight is 319 g/mol. The number of carbonyl (C=O) groups excluding carboxylic acids is 1. The van der Waals surface area contributed by atoms with Crippen molar-refractivity contribution < 1.29 is 4.79 Å². The minimum Gasteiger partial charge on any atom is -0.339 e. The molecule has 0 bridgehead atoms. The summed E-state index contributed by atoms with van der Waals surface area (Å²) in [4.78, 5) is 15.0. The molecule has 5 heteroatoms. The molecule has 17 heavy (non-hydrogen) atoms. The molecule has 0 aliphatic carbocycles. The Bertz CT molecular complexity index is 390. The average Bonchev–Trinajstić information content (AvgIpc) is 2.62. The van der Waals surface area contributed by atoms with E-state index in [-0.39, 0.29) is 5.91 Å². The first-order valence-electron chi connectivity index (χ1n) is 5.64. The fraction of sp³-hybridized carbons (Fsp3) is 0.583. The lowest BCUT2D eigenvalue weighted by Gasteiger charge is -2.28. The number of thiophene rings is 1. The van der Waals surface area contributed by atoms with Crippen LogP contribution in [0.1, 0.15) is 31.6 Å². The Morgan fingerprint density at radius 1 is 1.65 bits per heavy atom. The summed E-state index contributed by atoms with van der Waals surface area (Å²) in [5.74, 6) is 0.00359. The van der Waals surface area contributed by atoms with E-state index < -0.39 is 5.54 Å². The fourth-order valence-electron chi connectivity index (χ4n) is 1.80. The van der Waals surface area contributed by atoms with Gasteiger partial charge in [-0.2, -0.15) is 0 Å². The van der Waals surface area contributed by atoms with E-state index in [1.54, 1.807) is 30.2 Å². The second kappa shape index (κ2) is 5.98. The molecule has 0 spiro atoms. The van der Waals surface area contributed by atoms with Crippen molar-refractivity contribution in [3.63, 3.8) is 0 Å². The number of likely N-dealkylation sites (N-methyl/N-ethyl adjacent to an activating group) is 1. The van der Waals surface area contributed by atoms with Gasteiger partial charge in [-0.15, -0.1) is 11.3 Å². The van der Waals surface area contributed by atoms with E-state index in [0.717, 1.165) is 15.8 Å². The number of hydrogen-bond acceptors (Lipinski definition) is 3. The summed E-state index contributed by atoms with van der Waals surface area (Å²) in [7, 11) is 1.80. The monoisotopic (exact) mass is 318 g/mol. The third-order valence-corrected chi connectivity index (χ3v) is 4.30. The summed E-state index contributed by atoms with van der Waals surface area (Å²) in [6, 6.07) is 2.03. The molecule has 0 aliphatic heterocycles. The van der Waals surface area contributed by atoms with Gasteiger partial charge in [0, 0.05) is 21.8 Å². The molecule has 0 aliphatic rings. The van der Waals surface area contributed by atoms with E-state index in [9.17, 15) is 4.79 Å². The van der Waals surface area contributed by atoms with Gasteiger partial charge in [-0.3, -0.25) is 4.79 Å². The molecule has 96 valence electrons. The molecule has 0 aromatic carbocycles. The Morgan fingerprint density at radius 3 is 2.76 bits per heavy atom. The molecule has 0 saturated carbocycles. The first-order valence-corrected chi connectivity index (χ1v) is 7.31. The molecule has 0 radical (unpaired) electrons. The van der Waals surface area contributed by atoms with Crippen LogP contribution in [0.4, 0.5) is 0 Å². The van der Waals surface area contributed by atoms with Crippen molar-refractivity contribution >= 4 is 33.2 Å². The summed E-state index contributed by atoms with van der Waals surface area (Å²) in [5.41, 5.74) is 5.28. The highest BCUT2D eigenvalue weighted by molar-refractivity contribution is 9.10. The highest BCUT2D eigenvalue weighted by Gasteiger charge is 2.30. The first-order chi connectivity index (χ1) is 7.86. The van der Waals surface area contributed by atoms with Crippen molar-refractivity contribution in [2.45, 2.75) is 38.8 Å². The van der Waals surface area contributed by atoms with Crippen LogP contribution in [0.25, 0.3) is 0 Å². The third-order valence-electron chi connectivity index (χ3n) is 2.62. The quantitative estimate of drug-likeness (QED) is 0.907. The molecular weight excluding hydrogens is 300 g/mol. The molecule has 1 unspecified atom stereocenters. The zero-order valence-corrected chi connectivity index (χ0v) is 12.9. The molecule has 1 heterocycles. The zero-order valence-electron chi connectivity index (χ0n) is 10.5. The highest BCUT2D eigenvalue weighted by atomic mass is 79.9. The SMILES string of the molecule is CCCC(C)(N)C(=O)N(C)Cc1cc(Br)cs1. The Morgan fingerprint density at radius 2 is 2.29 bits per heavy atom. The Labute approximate surface area is 115 Å². The number of amides is 1. The smallest absolute Gasteiger partial charge is 0.242 e. The number of nitrogens with two attached hydrogens (primary N) is 1. The van der Waals surface area contributed by atoms with Crippen LogP contribution in [0, 0.1) is 0 Å². The number of carbonyl (C=O) groups is 1. The fourth-order valence-corrected chi connectivity index (χ4v) is 3.31. The Hall–Kier alpha value is -0.390. The van der Waals surface area contributed by atoms with Crippen molar-refractivity contribution in [1.29, 1.82) is 0 Å². The summed E-state index contributed by atoms with van der Waals surface area (Å²) < 4.78 is 1.06. The number of rotatable bonds is 5. The maximum absolute atomic E-state index is 12.2. The lowest BCUT2D eigenvalue weighted by atomic mass is 9.96. The van der Waals surface area contributed by atoms with Crippen LogP contribution < -0.4 is 5.73 Å². The van der Waals surface area contributed by atoms with Gasteiger partial charge in [0.1, 0.15) is 0 Å². The van der Waals surface area contributed by atoms with Crippen LogP contribution >= 0.6 is 27.3 Å². The van der Waals surface area contributed by atoms with Crippen LogP contribution in [0.2, 0.25) is 0 Å². The summed E-state index contributed by atoms with van der Waals surface area (Å²) in [6.07, 6.45) is 1.63. The minimum absolute atomic E-state index is 0.00359. The van der Waals surface area contributed by atoms with E-state index in [4.69, 9.17) is 5.73 Å². The van der Waals surface area contributed by atoms with Crippen LogP contribution in [-0.2, 0) is 11.3 Å². The van der Waals surface area contributed by atoms with E-state index in [0.29, 0.717) is 13.0 Å². The number of halogens is 1. The Kier molecular flexibility index (Phi) is 5.16. The third kappa shape index (κ3) is 4.08. The van der Waals surface area contributed by atoms with Gasteiger partial charge in [-0.25, -0.2) is 0 Å². The largest absolute Gasteiger partial charge is 0.339 e. The summed E-state index contributed by atoms with van der Waals surface area (Å²) >= 11 is 5.04. The van der Waals surface area contributed by atoms with Crippen LogP contribution in [-0.4, -0.2) is 23.4 Å². The molecule has 3 nitrogen and oxygen atoms in total. The van der Waals surface area contributed by atoms with E-state index >= 15 is 0 Å². The standard InChI is InChI=1S/C12H19BrN2OS/c1-4-5-12(2,14)11(16)15(3)7-10-6-9(13)8-17-10/h6,8H,4-5,7,14H2,1-3H3. The van der Waals surface area contributed by atoms with Gasteiger partial charge < -0.3 is 10.6 Å². The molecule has 0 saturated heterocycles. The van der Waals surface area contributed by atoms with E-state index in [2.05, 4.69) is 15.9 Å². The molecule has 1 aromatic rings. The predicted molar refractivity (Wildman–Crippen MR) is 76.0 cm³/mol. The van der Waals surface area contributed by atoms with Crippen LogP contribution in [0.5, 0.6) is 0 Å². The zero-order chi connectivity index (χ0) is 13.1. The van der Waals surface area contributed by atoms with Crippen molar-refractivity contribution in [1.82, 2.24) is 4.90 Å². The van der Waals surface area contributed by atoms with Gasteiger partial charge in [0.15, 0.2) is 0 Å². The predicted octanol–water partition coefficient (Wildman–Crippen LogP) is 2.99. The molecule has 1 atom stereocenters. The van der Waals surface area contributed by atoms with Crippen molar-refractivity contribution in [3.05, 3.63) is 20.8 Å². The molecule has 1 aromatic heterocycles.